The van der Waals surface area contributed by atoms with Crippen molar-refractivity contribution in [3.63, 3.8) is 0 Å². The van der Waals surface area contributed by atoms with E-state index < -0.39 is 0 Å². The molecule has 8 rings (SSSR count). The first-order valence-electron chi connectivity index (χ1n) is 9.19. The minimum atomic E-state index is 0.772. The lowest BCUT2D eigenvalue weighted by Crippen LogP contribution is -2.15. The molecule has 0 spiro atoms. The van der Waals surface area contributed by atoms with Crippen LogP contribution in [0, 0.1) is 0 Å². The Morgan fingerprint density at radius 1 is 0.536 bits per heavy atom. The highest BCUT2D eigenvalue weighted by atomic mass is 16.5. The van der Waals surface area contributed by atoms with Crippen LogP contribution in [-0.4, -0.2) is 0 Å². The first-order chi connectivity index (χ1) is 13.9. The molecule has 2 aliphatic rings. The minimum absolute atomic E-state index is 0.772. The van der Waals surface area contributed by atoms with E-state index in [1.54, 1.807) is 0 Å². The largest absolute Gasteiger partial charge is 0.452 e. The molecule has 0 aliphatic carbocycles. The summed E-state index contributed by atoms with van der Waals surface area (Å²) in [5, 5.41) is 5.90. The van der Waals surface area contributed by atoms with Gasteiger partial charge in [0.25, 0.3) is 0 Å². The van der Waals surface area contributed by atoms with Crippen LogP contribution < -0.4 is 20.2 Å². The monoisotopic (exact) mass is 360 g/mol. The average Bonchev–Trinajstić information content (AvgIpc) is 2.76. The average molecular weight is 360 g/mol. The molecule has 130 valence electrons. The van der Waals surface area contributed by atoms with Crippen molar-refractivity contribution < 1.29 is 9.47 Å². The Hall–Kier alpha value is -3.92. The predicted molar refractivity (Wildman–Crippen MR) is 107 cm³/mol. The number of benzene rings is 6. The van der Waals surface area contributed by atoms with Gasteiger partial charge < -0.3 is 9.47 Å². The van der Waals surface area contributed by atoms with Crippen LogP contribution in [0.2, 0.25) is 0 Å². The third-order valence-corrected chi connectivity index (χ3v) is 5.46. The third-order valence-electron chi connectivity index (χ3n) is 5.46. The Labute approximate surface area is 159 Å². The zero-order chi connectivity index (χ0) is 18.2. The molecule has 4 heteroatoms. The molecule has 6 aromatic rings. The van der Waals surface area contributed by atoms with Gasteiger partial charge in [0.1, 0.15) is 22.1 Å². The molecule has 2 bridgehead atoms. The Morgan fingerprint density at radius 2 is 1.18 bits per heavy atom. The van der Waals surface area contributed by atoms with E-state index in [1.165, 1.54) is 0 Å². The first-order valence-corrected chi connectivity index (χ1v) is 9.19. The van der Waals surface area contributed by atoms with Gasteiger partial charge in [-0.3, -0.25) is 0 Å². The van der Waals surface area contributed by atoms with Gasteiger partial charge in [-0.05, 0) is 41.8 Å². The Bertz CT molecular complexity index is 1570. The van der Waals surface area contributed by atoms with Gasteiger partial charge in [0.2, 0.25) is 0 Å². The van der Waals surface area contributed by atoms with Crippen molar-refractivity contribution in [3.8, 4) is 23.0 Å². The smallest absolute Gasteiger partial charge is 0.161 e. The summed E-state index contributed by atoms with van der Waals surface area (Å²) in [6, 6.07) is 24.0. The molecule has 0 fully saturated rings. The number of rotatable bonds is 0. The molecule has 2 aliphatic heterocycles. The fourth-order valence-electron chi connectivity index (χ4n) is 4.20. The van der Waals surface area contributed by atoms with Crippen LogP contribution in [0.3, 0.4) is 0 Å². The predicted octanol–water partition coefficient (Wildman–Crippen LogP) is 5.54. The number of ether oxygens (including phenoxy) is 2. The van der Waals surface area contributed by atoms with Crippen molar-refractivity contribution in [3.05, 3.63) is 83.5 Å². The van der Waals surface area contributed by atoms with Gasteiger partial charge in [-0.25, -0.2) is 9.98 Å². The van der Waals surface area contributed by atoms with Crippen LogP contribution in [-0.2, 0) is 0 Å². The molecule has 0 N–H and O–H groups in total. The minimum Gasteiger partial charge on any atom is -0.452 e. The molecule has 0 saturated heterocycles. The molecule has 0 radical (unpaired) electrons. The van der Waals surface area contributed by atoms with Crippen LogP contribution in [0.5, 0.6) is 23.0 Å². The highest BCUT2D eigenvalue weighted by Gasteiger charge is 2.24. The summed E-state index contributed by atoms with van der Waals surface area (Å²) < 4.78 is 12.6. The van der Waals surface area contributed by atoms with Gasteiger partial charge in [0.05, 0.1) is 0 Å². The number of fused-ring (bicyclic) bond motifs is 4. The van der Waals surface area contributed by atoms with Crippen LogP contribution in [0.15, 0.2) is 82.8 Å². The molecule has 2 heterocycles. The van der Waals surface area contributed by atoms with Crippen LogP contribution in [0.4, 0.5) is 11.4 Å². The van der Waals surface area contributed by atoms with E-state index in [1.807, 2.05) is 54.6 Å². The maximum atomic E-state index is 6.31. The molecular formula is C24H12N2O2. The number of nitrogens with zero attached hydrogens (tertiary/aromatic N) is 2. The summed E-state index contributed by atoms with van der Waals surface area (Å²) in [5.41, 5.74) is 1.71. The van der Waals surface area contributed by atoms with E-state index in [4.69, 9.17) is 19.5 Å². The lowest BCUT2D eigenvalue weighted by Gasteiger charge is -2.22. The summed E-state index contributed by atoms with van der Waals surface area (Å²) in [6.07, 6.45) is 0. The molecule has 0 aromatic heterocycles. The standard InChI is InChI=1S/C24H12N2O2/c1-3-7-19-16(5-1)25-18-12-11-13-14-9-10-15(21(13)24(18)28-19)23-22(14)26-17-6-2-4-8-20(17)27-23/h1-12H. The number of hydrogen-bond donors (Lipinski definition) is 0. The summed E-state index contributed by atoms with van der Waals surface area (Å²) >= 11 is 0. The van der Waals surface area contributed by atoms with E-state index in [-0.39, 0.29) is 0 Å². The molecule has 6 aromatic carbocycles. The third kappa shape index (κ3) is 1.70. The summed E-state index contributed by atoms with van der Waals surface area (Å²) in [6.45, 7) is 0. The summed E-state index contributed by atoms with van der Waals surface area (Å²) in [4.78, 5) is 9.67. The lowest BCUT2D eigenvalue weighted by atomic mass is 9.95. The highest BCUT2D eigenvalue weighted by molar-refractivity contribution is 6.15. The molecule has 4 nitrogen and oxygen atoms in total. The van der Waals surface area contributed by atoms with Crippen LogP contribution in [0.1, 0.15) is 0 Å². The van der Waals surface area contributed by atoms with Gasteiger partial charge in [-0.2, -0.15) is 0 Å². The molecular weight excluding hydrogens is 348 g/mol. The van der Waals surface area contributed by atoms with Gasteiger partial charge in [-0.15, -0.1) is 0 Å². The lowest BCUT2D eigenvalue weighted by molar-refractivity contribution is 0.472. The number of para-hydroxylation sites is 4. The second-order valence-electron chi connectivity index (χ2n) is 7.04. The van der Waals surface area contributed by atoms with E-state index >= 15 is 0 Å². The van der Waals surface area contributed by atoms with Crippen molar-refractivity contribution >= 4 is 32.9 Å². The van der Waals surface area contributed by atoms with Crippen molar-refractivity contribution in [2.24, 2.45) is 9.98 Å². The molecule has 0 amide bonds. The summed E-state index contributed by atoms with van der Waals surface area (Å²) in [7, 11) is 0. The Kier molecular flexibility index (Phi) is 2.46. The fourth-order valence-corrected chi connectivity index (χ4v) is 4.20. The van der Waals surface area contributed by atoms with Gasteiger partial charge in [-0.1, -0.05) is 36.4 Å². The normalized spacial score (nSPS) is 13.4. The van der Waals surface area contributed by atoms with Crippen molar-refractivity contribution in [1.82, 2.24) is 0 Å². The van der Waals surface area contributed by atoms with Gasteiger partial charge in [0.15, 0.2) is 23.0 Å². The van der Waals surface area contributed by atoms with Gasteiger partial charge in [0, 0.05) is 16.2 Å². The van der Waals surface area contributed by atoms with Crippen molar-refractivity contribution in [2.75, 3.05) is 0 Å². The van der Waals surface area contributed by atoms with Gasteiger partial charge >= 0.3 is 0 Å². The van der Waals surface area contributed by atoms with E-state index in [0.29, 0.717) is 0 Å². The zero-order valence-electron chi connectivity index (χ0n) is 14.6. The maximum absolute atomic E-state index is 6.31. The van der Waals surface area contributed by atoms with E-state index in [0.717, 1.165) is 66.6 Å². The van der Waals surface area contributed by atoms with E-state index in [9.17, 15) is 0 Å². The molecule has 0 atom stereocenters. The van der Waals surface area contributed by atoms with Crippen molar-refractivity contribution in [2.45, 2.75) is 0 Å². The number of hydrogen-bond acceptors (Lipinski definition) is 4. The quantitative estimate of drug-likeness (QED) is 0.356. The molecule has 0 saturated carbocycles. The van der Waals surface area contributed by atoms with Crippen LogP contribution in [0.25, 0.3) is 21.5 Å². The second-order valence-corrected chi connectivity index (χ2v) is 7.04. The first kappa shape index (κ1) is 14.2. The zero-order valence-corrected chi connectivity index (χ0v) is 14.6. The second kappa shape index (κ2) is 4.87. The SMILES string of the molecule is c1ccc2c(c1)N=c1c(c3ccc1c1ccc4c(c31)Oc1ccccc1N=4)O2. The highest BCUT2D eigenvalue weighted by Crippen LogP contribution is 2.44. The fraction of sp³-hybridized carbons (Fsp3) is 0. The topological polar surface area (TPSA) is 43.2 Å². The molecule has 28 heavy (non-hydrogen) atoms. The van der Waals surface area contributed by atoms with E-state index in [2.05, 4.69) is 18.2 Å². The van der Waals surface area contributed by atoms with Crippen molar-refractivity contribution in [1.29, 1.82) is 0 Å². The molecule has 0 unspecified atom stereocenters. The summed E-state index contributed by atoms with van der Waals surface area (Å²) in [5.74, 6) is 3.12. The van der Waals surface area contributed by atoms with Crippen LogP contribution >= 0.6 is 0 Å². The maximum Gasteiger partial charge on any atom is 0.161 e. The Morgan fingerprint density at radius 3 is 2.00 bits per heavy atom. The Balaban J connectivity index is 1.63.